The first kappa shape index (κ1) is 72.3. The highest BCUT2D eigenvalue weighted by Gasteiger charge is 2.43. The Kier molecular flexibility index (Phi) is 29.0. The molecule has 464 valence electrons. The Morgan fingerprint density at radius 2 is 1.24 bits per heavy atom. The number of rotatable bonds is 12. The lowest BCUT2D eigenvalue weighted by atomic mass is 9.85. The Morgan fingerprint density at radius 3 is 1.78 bits per heavy atom. The molecule has 2 aliphatic heterocycles. The smallest absolute Gasteiger partial charge is 0.248 e. The van der Waals surface area contributed by atoms with E-state index in [0.29, 0.717) is 25.1 Å². The number of nitrogens with zero attached hydrogens (tertiary/aromatic N) is 7. The first-order valence-electron chi connectivity index (χ1n) is 29.3. The fraction of sp³-hybridized carbons (Fsp3) is 0.742. The summed E-state index contributed by atoms with van der Waals surface area (Å²) < 4.78 is 6.18. The van der Waals surface area contributed by atoms with Gasteiger partial charge in [-0.2, -0.15) is 0 Å². The van der Waals surface area contributed by atoms with Crippen molar-refractivity contribution in [1.82, 2.24) is 39.6 Å². The van der Waals surface area contributed by atoms with Crippen LogP contribution in [0.1, 0.15) is 153 Å². The number of aliphatic hydroxyl groups is 1. The quantitative estimate of drug-likeness (QED) is 0.273. The fourth-order valence-electron chi connectivity index (χ4n) is 10.8. The molecule has 2 saturated heterocycles. The Bertz CT molecular complexity index is 2320. The van der Waals surface area contributed by atoms with Gasteiger partial charge in [-0.1, -0.05) is 85.7 Å². The van der Waals surface area contributed by atoms with E-state index in [4.69, 9.17) is 4.74 Å². The summed E-state index contributed by atoms with van der Waals surface area (Å²) >= 11 is 0. The van der Waals surface area contributed by atoms with Crippen LogP contribution in [-0.4, -0.2) is 215 Å². The van der Waals surface area contributed by atoms with Crippen LogP contribution in [-0.2, 0) is 59.1 Å². The van der Waals surface area contributed by atoms with Gasteiger partial charge in [0.25, 0.3) is 0 Å². The van der Waals surface area contributed by atoms with E-state index in [1.54, 1.807) is 29.2 Å². The first-order valence-corrected chi connectivity index (χ1v) is 29.3. The Hall–Kier alpha value is -5.76. The van der Waals surface area contributed by atoms with Gasteiger partial charge in [-0.25, -0.2) is 0 Å². The third-order valence-electron chi connectivity index (χ3n) is 16.2. The van der Waals surface area contributed by atoms with Crippen LogP contribution < -0.4 is 5.32 Å². The molecule has 1 aromatic carbocycles. The maximum atomic E-state index is 15.0. The van der Waals surface area contributed by atoms with Gasteiger partial charge in [-0.05, 0) is 96.5 Å². The monoisotopic (exact) mass is 1150 g/mol. The number of aliphatic hydroxyl groups excluding tert-OH is 1. The second-order valence-electron chi connectivity index (χ2n) is 24.9. The molecule has 1 aromatic rings. The zero-order chi connectivity index (χ0) is 61.4. The van der Waals surface area contributed by atoms with Gasteiger partial charge in [0.15, 0.2) is 11.6 Å². The van der Waals surface area contributed by atoms with Crippen LogP contribution >= 0.6 is 0 Å². The summed E-state index contributed by atoms with van der Waals surface area (Å²) in [5.41, 5.74) is -0.0377. The number of likely N-dealkylation sites (N-methyl/N-ethyl adjacent to an activating group) is 6. The maximum absolute atomic E-state index is 15.0. The third kappa shape index (κ3) is 20.5. The highest BCUT2D eigenvalue weighted by atomic mass is 16.5. The number of ketones is 2. The van der Waals surface area contributed by atoms with Crippen LogP contribution in [0.25, 0.3) is 0 Å². The number of amides is 8. The zero-order valence-electron chi connectivity index (χ0n) is 52.0. The summed E-state index contributed by atoms with van der Waals surface area (Å²) in [4.78, 5) is 156. The molecular weight excluding hydrogens is 1050 g/mol. The zero-order valence-corrected chi connectivity index (χ0v) is 52.0. The molecule has 0 aromatic heterocycles. The average molecular weight is 1150 g/mol. The van der Waals surface area contributed by atoms with Crippen LogP contribution in [0.4, 0.5) is 0 Å². The summed E-state index contributed by atoms with van der Waals surface area (Å²) in [6.07, 6.45) is 0.912. The van der Waals surface area contributed by atoms with Crippen LogP contribution in [0.3, 0.4) is 0 Å². The van der Waals surface area contributed by atoms with E-state index >= 15 is 4.79 Å². The average Bonchev–Trinajstić information content (AvgIpc) is 3.59. The van der Waals surface area contributed by atoms with Crippen molar-refractivity contribution in [3.8, 4) is 0 Å². The number of carbonyl (C=O) groups is 10. The van der Waals surface area contributed by atoms with E-state index < -0.39 is 125 Å². The van der Waals surface area contributed by atoms with Crippen molar-refractivity contribution < 1.29 is 57.8 Å². The molecule has 0 radical (unpaired) electrons. The molecule has 20 heteroatoms. The predicted molar refractivity (Wildman–Crippen MR) is 317 cm³/mol. The summed E-state index contributed by atoms with van der Waals surface area (Å²) in [6.45, 7) is 19.7. The molecule has 2 N–H and O–H groups in total. The van der Waals surface area contributed by atoms with E-state index in [1.807, 2.05) is 68.4 Å². The number of Topliss-reactive ketones (excluding diaryl/α,β-unsaturated/α-hetero) is 2. The molecule has 82 heavy (non-hydrogen) atoms. The van der Waals surface area contributed by atoms with Crippen LogP contribution in [0, 0.1) is 29.6 Å². The molecule has 0 bridgehead atoms. The largest absolute Gasteiger partial charge is 0.391 e. The van der Waals surface area contributed by atoms with Gasteiger partial charge in [-0.3, -0.25) is 47.9 Å². The first-order chi connectivity index (χ1) is 37.7. The summed E-state index contributed by atoms with van der Waals surface area (Å²) in [5, 5.41) is 13.7. The van der Waals surface area contributed by atoms with Gasteiger partial charge in [0, 0.05) is 87.0 Å². The van der Waals surface area contributed by atoms with Crippen molar-refractivity contribution in [1.29, 1.82) is 0 Å². The molecule has 0 spiro atoms. The number of piperidine rings is 1. The standard InChI is InChI=1S/C61H100N8O12.CH4/c1-18-40(6)54-50(72)34-44(58(78)69-29-23-20-24-30-69)27-28-51(73)64(13)41(7)56(76)67(16)48(33-43-25-21-19-22-26-43)59(79)66(15)47(32-39(4)5)55(75)62-53(42(8)70)60(80)63(12)36-52(74)65(14)46(31-38(2)3)49(71)35-45(57(77)68(54)17)37-81-61(9,10)11;/h19,21-22,25-26,38-42,44-48,53-54,70H,18,20,23-24,27-37H2,1-17H3,(H,62,75);1H4/t40-,41-,42+,44+,45-,46-,47-,48-,53-,54-;/m0./s1. The lowest BCUT2D eigenvalue weighted by Crippen LogP contribution is -2.61. The second kappa shape index (κ2) is 32.9. The third-order valence-corrected chi connectivity index (χ3v) is 16.2. The summed E-state index contributed by atoms with van der Waals surface area (Å²) in [5.74, 6) is -8.35. The van der Waals surface area contributed by atoms with Crippen molar-refractivity contribution in [3.05, 3.63) is 35.9 Å². The van der Waals surface area contributed by atoms with Crippen molar-refractivity contribution >= 4 is 58.8 Å². The van der Waals surface area contributed by atoms with Crippen LogP contribution in [0.15, 0.2) is 30.3 Å². The highest BCUT2D eigenvalue weighted by molar-refractivity contribution is 5.98. The number of likely N-dealkylation sites (tertiary alicyclic amines) is 1. The van der Waals surface area contributed by atoms with Crippen molar-refractivity contribution in [2.24, 2.45) is 29.6 Å². The van der Waals surface area contributed by atoms with Crippen molar-refractivity contribution in [2.45, 2.75) is 202 Å². The molecule has 2 aliphatic rings. The molecule has 10 atom stereocenters. The second-order valence-corrected chi connectivity index (χ2v) is 24.9. The summed E-state index contributed by atoms with van der Waals surface area (Å²) in [7, 11) is 8.65. The number of nitrogens with one attached hydrogen (secondary N) is 1. The molecule has 0 saturated carbocycles. The molecule has 8 amide bonds. The van der Waals surface area contributed by atoms with E-state index in [-0.39, 0.29) is 76.7 Å². The predicted octanol–water partition coefficient (Wildman–Crippen LogP) is 5.25. The topological polar surface area (TPSA) is 235 Å². The number of ether oxygens (including phenoxy) is 1. The molecule has 20 nitrogen and oxygen atoms in total. The Morgan fingerprint density at radius 1 is 0.683 bits per heavy atom. The number of carbonyl (C=O) groups excluding carboxylic acids is 10. The normalized spacial score (nSPS) is 26.0. The van der Waals surface area contributed by atoms with Gasteiger partial charge in [-0.15, -0.1) is 0 Å². The molecule has 2 fully saturated rings. The van der Waals surface area contributed by atoms with Crippen LogP contribution in [0.2, 0.25) is 0 Å². The lowest BCUT2D eigenvalue weighted by Gasteiger charge is -2.37. The molecule has 0 aliphatic carbocycles. The van der Waals surface area contributed by atoms with Crippen molar-refractivity contribution in [2.75, 3.05) is 68.5 Å². The fourth-order valence-corrected chi connectivity index (χ4v) is 10.8. The van der Waals surface area contributed by atoms with Gasteiger partial charge in [0.2, 0.25) is 47.3 Å². The SMILES string of the molecule is C.CC[C@H](C)[C@H]1C(=O)C[C@H](C(=O)N2CCCCC2)CCC(=O)N(C)[C@@H](C)C(=O)N(C)[C@@H](Cc2ccccc2)C(=O)N(C)[C@@H](CC(C)C)C(=O)N[C@@H]([C@@H](C)O)C(=O)N(C)CC(=O)N(C)[C@@H](CC(C)C)C(=O)C[C@@H](COC(C)(C)C)C(=O)N1C. The van der Waals surface area contributed by atoms with E-state index in [9.17, 15) is 48.3 Å². The van der Waals surface area contributed by atoms with Crippen molar-refractivity contribution in [3.63, 3.8) is 0 Å². The maximum Gasteiger partial charge on any atom is 0.248 e. The minimum absolute atomic E-state index is 0. The van der Waals surface area contributed by atoms with Gasteiger partial charge in [0.1, 0.15) is 24.2 Å². The van der Waals surface area contributed by atoms with E-state index in [1.165, 1.54) is 80.6 Å². The Labute approximate surface area is 490 Å². The molecule has 3 rings (SSSR count). The summed E-state index contributed by atoms with van der Waals surface area (Å²) in [6, 6.07) is 1.76. The van der Waals surface area contributed by atoms with Gasteiger partial charge in [0.05, 0.1) is 42.9 Å². The molecule has 0 unspecified atom stereocenters. The number of hydrogen-bond donors (Lipinski definition) is 2. The van der Waals surface area contributed by atoms with E-state index in [0.717, 1.165) is 24.2 Å². The number of hydrogen-bond acceptors (Lipinski definition) is 12. The lowest BCUT2D eigenvalue weighted by molar-refractivity contribution is -0.152. The minimum Gasteiger partial charge on any atom is -0.391 e. The van der Waals surface area contributed by atoms with Gasteiger partial charge < -0.3 is 49.5 Å². The van der Waals surface area contributed by atoms with Gasteiger partial charge >= 0.3 is 0 Å². The molecule has 2 heterocycles. The van der Waals surface area contributed by atoms with Crippen LogP contribution in [0.5, 0.6) is 0 Å². The van der Waals surface area contributed by atoms with E-state index in [2.05, 4.69) is 5.32 Å². The number of benzene rings is 1. The highest BCUT2D eigenvalue weighted by Crippen LogP contribution is 2.28. The molecular formula is C62H104N8O12. The Balaban J connectivity index is 0.0000230. The minimum atomic E-state index is -1.59.